The lowest BCUT2D eigenvalue weighted by molar-refractivity contribution is -0.261. The second kappa shape index (κ2) is 1.79. The third kappa shape index (κ3) is 4.23. The van der Waals surface area contributed by atoms with E-state index in [9.17, 15) is 13.2 Å². The van der Waals surface area contributed by atoms with Gasteiger partial charge in [-0.2, -0.15) is 0 Å². The van der Waals surface area contributed by atoms with Crippen molar-refractivity contribution in [3.63, 3.8) is 0 Å². The first-order valence-electron chi connectivity index (χ1n) is 0.925. The Bertz CT molecular complexity index is 40.5. The highest BCUT2D eigenvalue weighted by atomic mass is 79.9. The molecular formula is CBrF3O. The van der Waals surface area contributed by atoms with Crippen molar-refractivity contribution in [3.8, 4) is 0 Å². The maximum absolute atomic E-state index is 10.5. The maximum atomic E-state index is 10.5. The quantitative estimate of drug-likeness (QED) is 0.531. The van der Waals surface area contributed by atoms with Crippen LogP contribution >= 0.6 is 16.3 Å². The van der Waals surface area contributed by atoms with Gasteiger partial charge in [-0.25, -0.2) is 3.83 Å². The molecule has 0 amide bonds. The first kappa shape index (κ1) is 6.23. The van der Waals surface area contributed by atoms with Gasteiger partial charge in [-0.05, 0) is 0 Å². The zero-order chi connectivity index (χ0) is 5.21. The van der Waals surface area contributed by atoms with Crippen molar-refractivity contribution in [2.45, 2.75) is 6.36 Å². The summed E-state index contributed by atoms with van der Waals surface area (Å²) in [6, 6.07) is 0. The molecule has 0 fully saturated rings. The molecule has 5 heteroatoms. The SMILES string of the molecule is FC(F)(F)OBr. The standard InChI is InChI=1S/CBrF3O/c2-6-1(3,4)5. The minimum atomic E-state index is -4.54. The van der Waals surface area contributed by atoms with E-state index >= 15 is 0 Å². The highest BCUT2D eigenvalue weighted by molar-refractivity contribution is 9.06. The molecule has 0 aromatic heterocycles. The molecule has 1 nitrogen and oxygen atoms in total. The lowest BCUT2D eigenvalue weighted by atomic mass is 11.4. The molecule has 0 aromatic rings. The molecule has 0 aromatic carbocycles. The summed E-state index contributed by atoms with van der Waals surface area (Å²) in [5.41, 5.74) is 0. The van der Waals surface area contributed by atoms with Gasteiger partial charge in [0.25, 0.3) is 0 Å². The smallest absolute Gasteiger partial charge is 0.212 e. The van der Waals surface area contributed by atoms with E-state index in [0.717, 1.165) is 0 Å². The fourth-order valence-electron chi connectivity index (χ4n) is 0. The van der Waals surface area contributed by atoms with Crippen LogP contribution in [0.15, 0.2) is 0 Å². The van der Waals surface area contributed by atoms with Gasteiger partial charge in [-0.15, -0.1) is 13.2 Å². The predicted molar refractivity (Wildman–Crippen MR) is 16.1 cm³/mol. The number of halogens is 4. The normalized spacial score (nSPS) is 12.0. The van der Waals surface area contributed by atoms with Crippen LogP contribution in [0.25, 0.3) is 0 Å². The molecule has 38 valence electrons. The molecule has 0 saturated heterocycles. The topological polar surface area (TPSA) is 9.23 Å². The van der Waals surface area contributed by atoms with Crippen LogP contribution in [0.1, 0.15) is 0 Å². The largest absolute Gasteiger partial charge is 0.533 e. The van der Waals surface area contributed by atoms with E-state index in [1.165, 1.54) is 0 Å². The Balaban J connectivity index is 3.17. The summed E-state index contributed by atoms with van der Waals surface area (Å²) in [6.07, 6.45) is -4.54. The van der Waals surface area contributed by atoms with Crippen LogP contribution < -0.4 is 0 Å². The van der Waals surface area contributed by atoms with Crippen molar-refractivity contribution < 1.29 is 17.0 Å². The summed E-state index contributed by atoms with van der Waals surface area (Å²) in [4.78, 5) is 0. The molecule has 0 spiro atoms. The minimum Gasteiger partial charge on any atom is -0.212 e. The van der Waals surface area contributed by atoms with Gasteiger partial charge in [0.05, 0.1) is 0 Å². The average molecular weight is 165 g/mol. The minimum absolute atomic E-state index is 1.74. The van der Waals surface area contributed by atoms with Gasteiger partial charge in [0.15, 0.2) is 0 Å². The number of hydrogen-bond acceptors (Lipinski definition) is 1. The van der Waals surface area contributed by atoms with E-state index in [4.69, 9.17) is 0 Å². The number of alkyl halides is 3. The second-order valence-corrected chi connectivity index (χ2v) is 0.847. The fraction of sp³-hybridized carbons (Fsp3) is 1.00. The molecule has 0 rings (SSSR count). The van der Waals surface area contributed by atoms with Crippen LogP contribution in [0, 0.1) is 0 Å². The average Bonchev–Trinajstić information content (AvgIpc) is 1.35. The Kier molecular flexibility index (Phi) is 1.86. The number of hydrogen-bond donors (Lipinski definition) is 0. The number of rotatable bonds is 0. The molecular weight excluding hydrogens is 165 g/mol. The molecule has 0 aliphatic carbocycles. The first-order chi connectivity index (χ1) is 2.56. The van der Waals surface area contributed by atoms with Crippen molar-refractivity contribution in [2.24, 2.45) is 0 Å². The van der Waals surface area contributed by atoms with Crippen LogP contribution in [0.4, 0.5) is 13.2 Å². The van der Waals surface area contributed by atoms with Crippen LogP contribution in [-0.4, -0.2) is 6.36 Å². The molecule has 0 saturated carbocycles. The Hall–Kier alpha value is 0.230. The van der Waals surface area contributed by atoms with E-state index in [-0.39, 0.29) is 0 Å². The third-order valence-corrected chi connectivity index (χ3v) is 0.455. The van der Waals surface area contributed by atoms with E-state index in [2.05, 4.69) is 3.83 Å². The van der Waals surface area contributed by atoms with Crippen LogP contribution in [0.5, 0.6) is 0 Å². The Morgan fingerprint density at radius 3 is 1.50 bits per heavy atom. The second-order valence-electron chi connectivity index (χ2n) is 0.523. The molecule has 0 radical (unpaired) electrons. The van der Waals surface area contributed by atoms with Gasteiger partial charge in [-0.1, -0.05) is 0 Å². The van der Waals surface area contributed by atoms with E-state index < -0.39 is 6.36 Å². The van der Waals surface area contributed by atoms with Crippen LogP contribution in [0.2, 0.25) is 0 Å². The lowest BCUT2D eigenvalue weighted by Crippen LogP contribution is -2.04. The molecule has 0 N–H and O–H groups in total. The van der Waals surface area contributed by atoms with Gasteiger partial charge in [0.2, 0.25) is 0 Å². The van der Waals surface area contributed by atoms with Gasteiger partial charge < -0.3 is 0 Å². The van der Waals surface area contributed by atoms with E-state index in [1.54, 1.807) is 16.3 Å². The molecule has 0 aliphatic heterocycles. The van der Waals surface area contributed by atoms with Crippen molar-refractivity contribution >= 4 is 16.3 Å². The first-order valence-corrected chi connectivity index (χ1v) is 1.57. The lowest BCUT2D eigenvalue weighted by Gasteiger charge is -1.94. The summed E-state index contributed by atoms with van der Waals surface area (Å²) in [6.45, 7) is 0. The Morgan fingerprint density at radius 1 is 1.33 bits per heavy atom. The molecule has 0 bridgehead atoms. The zero-order valence-electron chi connectivity index (χ0n) is 2.42. The summed E-state index contributed by atoms with van der Waals surface area (Å²) >= 11 is 1.74. The van der Waals surface area contributed by atoms with Gasteiger partial charge in [-0.3, -0.25) is 0 Å². The van der Waals surface area contributed by atoms with E-state index in [0.29, 0.717) is 0 Å². The Morgan fingerprint density at radius 2 is 1.50 bits per heavy atom. The summed E-state index contributed by atoms with van der Waals surface area (Å²) in [5.74, 6) is 0. The third-order valence-electron chi connectivity index (χ3n) is 0.0875. The van der Waals surface area contributed by atoms with Crippen LogP contribution in [0.3, 0.4) is 0 Å². The Labute approximate surface area is 40.5 Å². The monoisotopic (exact) mass is 164 g/mol. The van der Waals surface area contributed by atoms with Crippen molar-refractivity contribution in [1.29, 1.82) is 0 Å². The highest BCUT2D eigenvalue weighted by Gasteiger charge is 2.27. The molecule has 0 unspecified atom stereocenters. The van der Waals surface area contributed by atoms with Gasteiger partial charge in [0.1, 0.15) is 16.3 Å². The van der Waals surface area contributed by atoms with Gasteiger partial charge >= 0.3 is 6.36 Å². The molecule has 6 heavy (non-hydrogen) atoms. The van der Waals surface area contributed by atoms with Crippen molar-refractivity contribution in [2.75, 3.05) is 0 Å². The predicted octanol–water partition coefficient (Wildman–Crippen LogP) is 1.83. The van der Waals surface area contributed by atoms with Crippen LogP contribution in [-0.2, 0) is 3.83 Å². The summed E-state index contributed by atoms with van der Waals surface area (Å²) in [5, 5.41) is 0. The highest BCUT2D eigenvalue weighted by Crippen LogP contribution is 2.18. The van der Waals surface area contributed by atoms with E-state index in [1.807, 2.05) is 0 Å². The maximum Gasteiger partial charge on any atom is 0.533 e. The molecule has 0 atom stereocenters. The van der Waals surface area contributed by atoms with Crippen molar-refractivity contribution in [3.05, 3.63) is 0 Å². The summed E-state index contributed by atoms with van der Waals surface area (Å²) in [7, 11) is 0. The zero-order valence-corrected chi connectivity index (χ0v) is 4.01. The summed E-state index contributed by atoms with van der Waals surface area (Å²) < 4.78 is 34.3. The molecule has 0 heterocycles. The molecule has 0 aliphatic rings. The van der Waals surface area contributed by atoms with Gasteiger partial charge in [0, 0.05) is 0 Å². The fourth-order valence-corrected chi connectivity index (χ4v) is 0. The van der Waals surface area contributed by atoms with Crippen molar-refractivity contribution in [1.82, 2.24) is 0 Å².